The highest BCUT2D eigenvalue weighted by Gasteiger charge is 2.40. The molecule has 2 N–H and O–H groups in total. The van der Waals surface area contributed by atoms with E-state index in [9.17, 15) is 4.79 Å². The Labute approximate surface area is 121 Å². The fourth-order valence-corrected chi connectivity index (χ4v) is 3.49. The van der Waals surface area contributed by atoms with Gasteiger partial charge in [0.05, 0.1) is 0 Å². The average molecular weight is 281 g/mol. The van der Waals surface area contributed by atoms with Gasteiger partial charge >= 0.3 is 0 Å². The number of rotatable bonds is 2. The minimum atomic E-state index is -0.0654. The van der Waals surface area contributed by atoms with E-state index in [4.69, 9.17) is 9.68 Å². The van der Waals surface area contributed by atoms with Gasteiger partial charge in [-0.2, -0.15) is 5.26 Å². The molecule has 2 fully saturated rings. The molecular weight excluding hydrogens is 266 g/mol. The van der Waals surface area contributed by atoms with Gasteiger partial charge in [-0.3, -0.25) is 4.79 Å². The summed E-state index contributed by atoms with van der Waals surface area (Å²) in [5.74, 6) is 0.752. The standard InChI is InChI=1S/C16H15N3O2/c17-7-13-4-9-1-2-10(5-15(9)21-13)16(20)19-14-6-12-3-11(14)8-18-12/h1-2,4-5,11-12,14,18H,3,6,8H2,(H,19,20). The molecule has 5 nitrogen and oxygen atoms in total. The van der Waals surface area contributed by atoms with Crippen molar-refractivity contribution < 1.29 is 9.21 Å². The van der Waals surface area contributed by atoms with Crippen LogP contribution in [0, 0.1) is 17.2 Å². The summed E-state index contributed by atoms with van der Waals surface area (Å²) in [5, 5.41) is 16.2. The summed E-state index contributed by atoms with van der Waals surface area (Å²) in [4.78, 5) is 12.4. The van der Waals surface area contributed by atoms with Gasteiger partial charge in [-0.25, -0.2) is 0 Å². The van der Waals surface area contributed by atoms with Gasteiger partial charge in [0.1, 0.15) is 11.7 Å². The van der Waals surface area contributed by atoms with Crippen LogP contribution in [0.2, 0.25) is 0 Å². The van der Waals surface area contributed by atoms with E-state index in [0.29, 0.717) is 23.1 Å². The highest BCUT2D eigenvalue weighted by Crippen LogP contribution is 2.31. The zero-order valence-corrected chi connectivity index (χ0v) is 11.4. The molecule has 1 aliphatic heterocycles. The van der Waals surface area contributed by atoms with Crippen molar-refractivity contribution in [3.8, 4) is 6.07 Å². The van der Waals surface area contributed by atoms with Gasteiger partial charge in [0.15, 0.2) is 0 Å². The van der Waals surface area contributed by atoms with Crippen LogP contribution in [0.15, 0.2) is 28.7 Å². The average Bonchev–Trinajstić information content (AvgIpc) is 3.20. The van der Waals surface area contributed by atoms with Gasteiger partial charge in [0.25, 0.3) is 5.91 Å². The van der Waals surface area contributed by atoms with Gasteiger partial charge in [-0.1, -0.05) is 6.07 Å². The van der Waals surface area contributed by atoms with Crippen molar-refractivity contribution in [2.45, 2.75) is 24.9 Å². The minimum absolute atomic E-state index is 0.0654. The first-order valence-corrected chi connectivity index (χ1v) is 7.21. The summed E-state index contributed by atoms with van der Waals surface area (Å²) in [7, 11) is 0. The van der Waals surface area contributed by atoms with Crippen LogP contribution < -0.4 is 10.6 Å². The maximum atomic E-state index is 12.4. The SMILES string of the molecule is N#Cc1cc2ccc(C(=O)NC3CC4CC3CN4)cc2o1. The number of nitrogens with zero attached hydrogens (tertiary/aromatic N) is 1. The number of nitriles is 1. The van der Waals surface area contributed by atoms with Crippen LogP contribution in [0.25, 0.3) is 11.0 Å². The zero-order chi connectivity index (χ0) is 14.4. The van der Waals surface area contributed by atoms with E-state index >= 15 is 0 Å². The number of hydrogen-bond acceptors (Lipinski definition) is 4. The topological polar surface area (TPSA) is 78.1 Å². The number of nitrogens with one attached hydrogen (secondary N) is 2. The van der Waals surface area contributed by atoms with E-state index in [1.54, 1.807) is 18.2 Å². The molecule has 3 unspecified atom stereocenters. The Kier molecular flexibility index (Phi) is 2.72. The van der Waals surface area contributed by atoms with Crippen LogP contribution in [0.5, 0.6) is 0 Å². The molecular formula is C16H15N3O2. The Morgan fingerprint density at radius 1 is 1.38 bits per heavy atom. The second-order valence-electron chi connectivity index (χ2n) is 5.89. The van der Waals surface area contributed by atoms with Gasteiger partial charge in [-0.05, 0) is 30.9 Å². The van der Waals surface area contributed by atoms with Crippen molar-refractivity contribution in [1.82, 2.24) is 10.6 Å². The van der Waals surface area contributed by atoms with E-state index < -0.39 is 0 Å². The van der Waals surface area contributed by atoms with E-state index in [-0.39, 0.29) is 17.7 Å². The van der Waals surface area contributed by atoms with Gasteiger partial charge in [-0.15, -0.1) is 0 Å². The number of piperidine rings is 1. The first-order valence-electron chi connectivity index (χ1n) is 7.21. The van der Waals surface area contributed by atoms with Crippen LogP contribution in [0.1, 0.15) is 29.0 Å². The molecule has 1 aromatic heterocycles. The number of fused-ring (bicyclic) bond motifs is 3. The van der Waals surface area contributed by atoms with Gasteiger partial charge < -0.3 is 15.1 Å². The van der Waals surface area contributed by atoms with Gasteiger partial charge in [0.2, 0.25) is 5.76 Å². The summed E-state index contributed by atoms with van der Waals surface area (Å²) < 4.78 is 5.38. The van der Waals surface area contributed by atoms with Crippen molar-refractivity contribution in [1.29, 1.82) is 5.26 Å². The molecule has 3 atom stereocenters. The number of hydrogen-bond donors (Lipinski definition) is 2. The third kappa shape index (κ3) is 2.08. The Hall–Kier alpha value is -2.32. The second kappa shape index (κ2) is 4.61. The molecule has 5 heteroatoms. The fraction of sp³-hybridized carbons (Fsp3) is 0.375. The number of furan rings is 1. The predicted octanol–water partition coefficient (Wildman–Crippen LogP) is 1.78. The van der Waals surface area contributed by atoms with E-state index in [0.717, 1.165) is 24.8 Å². The lowest BCUT2D eigenvalue weighted by Gasteiger charge is -2.23. The molecule has 2 heterocycles. The first-order chi connectivity index (χ1) is 10.2. The molecule has 106 valence electrons. The Morgan fingerprint density at radius 3 is 3.00 bits per heavy atom. The molecule has 4 rings (SSSR count). The van der Waals surface area contributed by atoms with Crippen LogP contribution in [0.4, 0.5) is 0 Å². The Balaban J connectivity index is 1.55. The maximum absolute atomic E-state index is 12.4. The molecule has 2 aliphatic rings. The van der Waals surface area contributed by atoms with Crippen molar-refractivity contribution >= 4 is 16.9 Å². The smallest absolute Gasteiger partial charge is 0.251 e. The number of carbonyl (C=O) groups excluding carboxylic acids is 1. The quantitative estimate of drug-likeness (QED) is 0.879. The summed E-state index contributed by atoms with van der Waals surface area (Å²) in [5.41, 5.74) is 1.16. The molecule has 21 heavy (non-hydrogen) atoms. The van der Waals surface area contributed by atoms with E-state index in [2.05, 4.69) is 10.6 Å². The maximum Gasteiger partial charge on any atom is 0.251 e. The summed E-state index contributed by atoms with van der Waals surface area (Å²) >= 11 is 0. The van der Waals surface area contributed by atoms with Crippen molar-refractivity contribution in [2.75, 3.05) is 6.54 Å². The number of benzene rings is 1. The largest absolute Gasteiger partial charge is 0.446 e. The van der Waals surface area contributed by atoms with Crippen LogP contribution in [0.3, 0.4) is 0 Å². The molecule has 0 spiro atoms. The molecule has 1 saturated carbocycles. The lowest BCUT2D eigenvalue weighted by molar-refractivity contribution is 0.0925. The Morgan fingerprint density at radius 2 is 2.29 bits per heavy atom. The third-order valence-corrected chi connectivity index (χ3v) is 4.57. The van der Waals surface area contributed by atoms with Crippen molar-refractivity contribution in [3.05, 3.63) is 35.6 Å². The van der Waals surface area contributed by atoms with E-state index in [1.807, 2.05) is 12.1 Å². The van der Waals surface area contributed by atoms with Crippen LogP contribution >= 0.6 is 0 Å². The molecule has 0 radical (unpaired) electrons. The van der Waals surface area contributed by atoms with Crippen LogP contribution in [-0.2, 0) is 0 Å². The summed E-state index contributed by atoms with van der Waals surface area (Å²) in [6, 6.07) is 9.78. The second-order valence-corrected chi connectivity index (χ2v) is 5.89. The lowest BCUT2D eigenvalue weighted by Crippen LogP contribution is -2.44. The third-order valence-electron chi connectivity index (χ3n) is 4.57. The molecule has 1 aliphatic carbocycles. The molecule has 2 bridgehead atoms. The number of carbonyl (C=O) groups is 1. The first kappa shape index (κ1) is 12.4. The Bertz CT molecular complexity index is 758. The fourth-order valence-electron chi connectivity index (χ4n) is 3.49. The molecule has 2 aromatic rings. The highest BCUT2D eigenvalue weighted by atomic mass is 16.3. The van der Waals surface area contributed by atoms with Gasteiger partial charge in [0, 0.05) is 35.6 Å². The number of amides is 1. The molecule has 1 aromatic carbocycles. The van der Waals surface area contributed by atoms with Crippen LogP contribution in [-0.4, -0.2) is 24.5 Å². The normalized spacial score (nSPS) is 26.9. The van der Waals surface area contributed by atoms with E-state index in [1.165, 1.54) is 0 Å². The highest BCUT2D eigenvalue weighted by molar-refractivity contribution is 5.97. The lowest BCUT2D eigenvalue weighted by atomic mass is 10.0. The predicted molar refractivity (Wildman–Crippen MR) is 76.7 cm³/mol. The van der Waals surface area contributed by atoms with Crippen molar-refractivity contribution in [2.24, 2.45) is 5.92 Å². The monoisotopic (exact) mass is 281 g/mol. The minimum Gasteiger partial charge on any atom is -0.446 e. The van der Waals surface area contributed by atoms with Crippen molar-refractivity contribution in [3.63, 3.8) is 0 Å². The molecule has 1 amide bonds. The summed E-state index contributed by atoms with van der Waals surface area (Å²) in [6.45, 7) is 0.998. The zero-order valence-electron chi connectivity index (χ0n) is 11.4. The molecule has 1 saturated heterocycles. The summed E-state index contributed by atoms with van der Waals surface area (Å²) in [6.07, 6.45) is 2.17.